The molecule has 19 heavy (non-hydrogen) atoms. The highest BCUT2D eigenvalue weighted by Gasteiger charge is 2.46. The van der Waals surface area contributed by atoms with Crippen molar-refractivity contribution in [2.24, 2.45) is 0 Å². The van der Waals surface area contributed by atoms with Crippen molar-refractivity contribution in [1.29, 1.82) is 0 Å². The Labute approximate surface area is 110 Å². The van der Waals surface area contributed by atoms with Crippen LogP contribution in [0.3, 0.4) is 0 Å². The van der Waals surface area contributed by atoms with Gasteiger partial charge < -0.3 is 10.4 Å². The average Bonchev–Trinajstić information content (AvgIpc) is 2.32. The van der Waals surface area contributed by atoms with Crippen LogP contribution in [0.2, 0.25) is 0 Å². The minimum absolute atomic E-state index is 0.373. The van der Waals surface area contributed by atoms with Gasteiger partial charge in [0, 0.05) is 12.7 Å². The summed E-state index contributed by atoms with van der Waals surface area (Å²) in [4.78, 5) is 24.4. The van der Waals surface area contributed by atoms with Crippen LogP contribution in [0.1, 0.15) is 19.3 Å². The number of anilines is 1. The summed E-state index contributed by atoms with van der Waals surface area (Å²) in [6.45, 7) is 0. The molecule has 1 aliphatic rings. The van der Waals surface area contributed by atoms with E-state index in [1.54, 1.807) is 6.07 Å². The number of carbonyl (C=O) groups excluding carboxylic acids is 1. The lowest BCUT2D eigenvalue weighted by Gasteiger charge is -2.39. The molecular formula is C13H15FN2O3. The molecule has 5 nitrogen and oxygen atoms in total. The van der Waals surface area contributed by atoms with Crippen molar-refractivity contribution < 1.29 is 19.1 Å². The lowest BCUT2D eigenvalue weighted by Crippen LogP contribution is -2.61. The van der Waals surface area contributed by atoms with Gasteiger partial charge in [0.15, 0.2) is 0 Å². The third-order valence-electron chi connectivity index (χ3n) is 3.46. The second kappa shape index (κ2) is 4.87. The Morgan fingerprint density at radius 1 is 1.42 bits per heavy atom. The van der Waals surface area contributed by atoms with Crippen molar-refractivity contribution in [2.75, 3.05) is 11.9 Å². The van der Waals surface area contributed by atoms with Crippen molar-refractivity contribution in [3.8, 4) is 0 Å². The van der Waals surface area contributed by atoms with Crippen LogP contribution in [0.5, 0.6) is 0 Å². The summed E-state index contributed by atoms with van der Waals surface area (Å²) in [5.41, 5.74) is -0.795. The van der Waals surface area contributed by atoms with E-state index in [1.165, 1.54) is 30.1 Å². The van der Waals surface area contributed by atoms with Gasteiger partial charge in [-0.25, -0.2) is 14.0 Å². The second-order valence-electron chi connectivity index (χ2n) is 4.71. The summed E-state index contributed by atoms with van der Waals surface area (Å²) in [5.74, 6) is -1.48. The van der Waals surface area contributed by atoms with E-state index in [0.29, 0.717) is 18.5 Å². The predicted octanol–water partition coefficient (Wildman–Crippen LogP) is 1.98. The molecule has 1 aromatic rings. The van der Waals surface area contributed by atoms with Crippen molar-refractivity contribution in [3.63, 3.8) is 0 Å². The summed E-state index contributed by atoms with van der Waals surface area (Å²) in [7, 11) is 1.47. The number of benzene rings is 1. The Morgan fingerprint density at radius 3 is 2.58 bits per heavy atom. The lowest BCUT2D eigenvalue weighted by molar-refractivity contribution is -0.148. The fraction of sp³-hybridized carbons (Fsp3) is 0.385. The van der Waals surface area contributed by atoms with Crippen LogP contribution in [0, 0.1) is 5.82 Å². The van der Waals surface area contributed by atoms with Crippen LogP contribution in [-0.2, 0) is 4.79 Å². The maximum Gasteiger partial charge on any atom is 0.329 e. The molecule has 102 valence electrons. The van der Waals surface area contributed by atoms with E-state index in [0.717, 1.165) is 6.42 Å². The topological polar surface area (TPSA) is 69.6 Å². The van der Waals surface area contributed by atoms with Gasteiger partial charge in [-0.05, 0) is 37.5 Å². The lowest BCUT2D eigenvalue weighted by atomic mass is 9.77. The second-order valence-corrected chi connectivity index (χ2v) is 4.71. The van der Waals surface area contributed by atoms with Gasteiger partial charge in [0.25, 0.3) is 0 Å². The van der Waals surface area contributed by atoms with E-state index in [9.17, 15) is 14.0 Å². The zero-order chi connectivity index (χ0) is 14.0. The third-order valence-corrected chi connectivity index (χ3v) is 3.46. The molecule has 1 fully saturated rings. The van der Waals surface area contributed by atoms with E-state index < -0.39 is 23.4 Å². The van der Waals surface area contributed by atoms with E-state index in [2.05, 4.69) is 5.32 Å². The van der Waals surface area contributed by atoms with Crippen molar-refractivity contribution in [3.05, 3.63) is 30.1 Å². The van der Waals surface area contributed by atoms with E-state index in [1.807, 2.05) is 0 Å². The quantitative estimate of drug-likeness (QED) is 0.878. The number of rotatable bonds is 3. The van der Waals surface area contributed by atoms with Crippen molar-refractivity contribution >= 4 is 17.7 Å². The van der Waals surface area contributed by atoms with Crippen LogP contribution in [0.15, 0.2) is 24.3 Å². The van der Waals surface area contributed by atoms with E-state index >= 15 is 0 Å². The third kappa shape index (κ3) is 2.52. The Morgan fingerprint density at radius 2 is 2.11 bits per heavy atom. The standard InChI is InChI=1S/C13H15FN2O3/c1-16(10-5-2-4-9(14)8-10)12(19)15-13(11(17)18)6-3-7-13/h2,4-5,8H,3,6-7H2,1H3,(H,15,19)(H,17,18). The Balaban J connectivity index is 2.10. The van der Waals surface area contributed by atoms with Gasteiger partial charge in [-0.2, -0.15) is 0 Å². The van der Waals surface area contributed by atoms with Crippen LogP contribution < -0.4 is 10.2 Å². The first-order chi connectivity index (χ1) is 8.94. The molecule has 0 unspecified atom stereocenters. The molecule has 2 N–H and O–H groups in total. The van der Waals surface area contributed by atoms with Gasteiger partial charge in [-0.3, -0.25) is 4.90 Å². The monoisotopic (exact) mass is 266 g/mol. The molecule has 0 bridgehead atoms. The van der Waals surface area contributed by atoms with E-state index in [4.69, 9.17) is 5.11 Å². The number of amides is 2. The molecule has 0 aromatic heterocycles. The maximum absolute atomic E-state index is 13.1. The summed E-state index contributed by atoms with van der Waals surface area (Å²) in [6, 6.07) is 5.02. The highest BCUT2D eigenvalue weighted by Crippen LogP contribution is 2.32. The van der Waals surface area contributed by atoms with Crippen molar-refractivity contribution in [1.82, 2.24) is 5.32 Å². The molecule has 0 spiro atoms. The molecule has 1 saturated carbocycles. The molecule has 1 aliphatic carbocycles. The van der Waals surface area contributed by atoms with Gasteiger partial charge in [0.2, 0.25) is 0 Å². The zero-order valence-electron chi connectivity index (χ0n) is 10.5. The number of nitrogens with zero attached hydrogens (tertiary/aromatic N) is 1. The SMILES string of the molecule is CN(C(=O)NC1(C(=O)O)CCC1)c1cccc(F)c1. The summed E-state index contributed by atoms with van der Waals surface area (Å²) in [5, 5.41) is 11.6. The molecule has 0 aliphatic heterocycles. The number of aliphatic carboxylic acids is 1. The molecule has 0 heterocycles. The molecule has 0 saturated heterocycles. The van der Waals surface area contributed by atoms with Crippen LogP contribution >= 0.6 is 0 Å². The van der Waals surface area contributed by atoms with Crippen LogP contribution in [-0.4, -0.2) is 29.7 Å². The Hall–Kier alpha value is -2.11. The number of halogens is 1. The minimum Gasteiger partial charge on any atom is -0.480 e. The van der Waals surface area contributed by atoms with Gasteiger partial charge in [-0.15, -0.1) is 0 Å². The highest BCUT2D eigenvalue weighted by molar-refractivity contribution is 5.95. The van der Waals surface area contributed by atoms with Gasteiger partial charge in [0.1, 0.15) is 11.4 Å². The maximum atomic E-state index is 13.1. The predicted molar refractivity (Wildman–Crippen MR) is 67.6 cm³/mol. The van der Waals surface area contributed by atoms with E-state index in [-0.39, 0.29) is 0 Å². The number of urea groups is 1. The molecule has 0 atom stereocenters. The summed E-state index contributed by atoms with van der Waals surface area (Å²) >= 11 is 0. The van der Waals surface area contributed by atoms with Crippen LogP contribution in [0.25, 0.3) is 0 Å². The number of hydrogen-bond donors (Lipinski definition) is 2. The van der Waals surface area contributed by atoms with Gasteiger partial charge >= 0.3 is 12.0 Å². The minimum atomic E-state index is -1.17. The first-order valence-electron chi connectivity index (χ1n) is 5.99. The fourth-order valence-electron chi connectivity index (χ4n) is 2.01. The number of carboxylic acids is 1. The Bertz CT molecular complexity index is 514. The van der Waals surface area contributed by atoms with Crippen molar-refractivity contribution in [2.45, 2.75) is 24.8 Å². The molecule has 6 heteroatoms. The number of carboxylic acid groups (broad SMARTS) is 1. The first-order valence-corrected chi connectivity index (χ1v) is 5.99. The molecule has 0 radical (unpaired) electrons. The largest absolute Gasteiger partial charge is 0.480 e. The van der Waals surface area contributed by atoms with Gasteiger partial charge in [-0.1, -0.05) is 6.07 Å². The number of nitrogens with one attached hydrogen (secondary N) is 1. The fourth-order valence-corrected chi connectivity index (χ4v) is 2.01. The Kier molecular flexibility index (Phi) is 3.42. The highest BCUT2D eigenvalue weighted by atomic mass is 19.1. The number of carbonyl (C=O) groups is 2. The molecule has 1 aromatic carbocycles. The van der Waals surface area contributed by atoms with Crippen LogP contribution in [0.4, 0.5) is 14.9 Å². The summed E-state index contributed by atoms with van der Waals surface area (Å²) < 4.78 is 13.1. The zero-order valence-corrected chi connectivity index (χ0v) is 10.5. The normalized spacial score (nSPS) is 16.3. The molecule has 2 rings (SSSR count). The van der Waals surface area contributed by atoms with Gasteiger partial charge in [0.05, 0.1) is 0 Å². The molecule has 2 amide bonds. The molecular weight excluding hydrogens is 251 g/mol. The number of hydrogen-bond acceptors (Lipinski definition) is 2. The smallest absolute Gasteiger partial charge is 0.329 e. The summed E-state index contributed by atoms with van der Waals surface area (Å²) in [6.07, 6.45) is 1.62. The average molecular weight is 266 g/mol. The first kappa shape index (κ1) is 13.3.